The molecule has 27 heavy (non-hydrogen) atoms. The first-order valence-corrected chi connectivity index (χ1v) is 13.7. The molecule has 0 aromatic rings. The van der Waals surface area contributed by atoms with Crippen molar-refractivity contribution in [3.8, 4) is 0 Å². The number of halogens is 9. The van der Waals surface area contributed by atoms with Crippen molar-refractivity contribution in [2.24, 2.45) is 0 Å². The van der Waals surface area contributed by atoms with Gasteiger partial charge in [-0.1, -0.05) is 0 Å². The molecule has 0 atom stereocenters. The maximum absolute atomic E-state index is 12.2. The lowest BCUT2D eigenvalue weighted by atomic mass is 10.3. The Kier molecular flexibility index (Phi) is 9.80. The zero-order chi connectivity index (χ0) is 20.7. The molecule has 1 fully saturated rings. The van der Waals surface area contributed by atoms with Gasteiger partial charge in [0.25, 0.3) is 0 Å². The molecule has 1 aliphatic rings. The van der Waals surface area contributed by atoms with Crippen LogP contribution in [0.4, 0.5) is 39.5 Å². The Morgan fingerprint density at radius 3 is 0.852 bits per heavy atom. The van der Waals surface area contributed by atoms with Crippen molar-refractivity contribution in [3.05, 3.63) is 0 Å². The molecule has 0 bridgehead atoms. The van der Waals surface area contributed by atoms with Gasteiger partial charge in [0.05, 0.1) is 0 Å². The lowest BCUT2D eigenvalue weighted by molar-refractivity contribution is -0.135. The number of rotatable bonds is 9. The van der Waals surface area contributed by atoms with Gasteiger partial charge in [-0.25, -0.2) is 0 Å². The van der Waals surface area contributed by atoms with Crippen LogP contribution in [0.5, 0.6) is 0 Å². The second-order valence-corrected chi connectivity index (χ2v) is 13.8. The van der Waals surface area contributed by atoms with Crippen molar-refractivity contribution >= 4 is 27.9 Å². The van der Waals surface area contributed by atoms with E-state index in [-0.39, 0.29) is 37.4 Å². The summed E-state index contributed by atoms with van der Waals surface area (Å²) in [4.78, 5) is 0. The molecule has 0 aliphatic carbocycles. The highest BCUT2D eigenvalue weighted by atomic mass is 28.5. The topological polar surface area (TPSA) is 27.7 Å². The van der Waals surface area contributed by atoms with Crippen LogP contribution >= 0.6 is 0 Å². The smallest absolute Gasteiger partial charge is 0.389 e. The van der Waals surface area contributed by atoms with Gasteiger partial charge in [0, 0.05) is 19.3 Å². The van der Waals surface area contributed by atoms with Crippen LogP contribution in [0.2, 0.25) is 18.1 Å². The predicted octanol–water partition coefficient (Wildman–Crippen LogP) is 4.74. The summed E-state index contributed by atoms with van der Waals surface area (Å²) < 4.78 is 127. The molecule has 0 aromatic heterocycles. The average molecular weight is 469 g/mol. The van der Waals surface area contributed by atoms with Crippen LogP contribution in [-0.4, -0.2) is 46.4 Å². The summed E-state index contributed by atoms with van der Waals surface area (Å²) in [5, 5.41) is 0. The van der Waals surface area contributed by atoms with E-state index in [1.807, 2.05) is 0 Å². The Balaban J connectivity index is 2.51. The van der Waals surface area contributed by atoms with Crippen molar-refractivity contribution in [2.75, 3.05) is 0 Å². The molecular formula is C12H21F9O3Si3. The van der Waals surface area contributed by atoms with E-state index in [9.17, 15) is 39.5 Å². The molecule has 0 aromatic carbocycles. The third-order valence-electron chi connectivity index (χ3n) is 3.61. The molecule has 0 spiro atoms. The summed E-state index contributed by atoms with van der Waals surface area (Å²) in [5.74, 6) is 0. The zero-order valence-electron chi connectivity index (χ0n) is 14.2. The predicted molar refractivity (Wildman–Crippen MR) is 85.0 cm³/mol. The zero-order valence-corrected chi connectivity index (χ0v) is 17.7. The second kappa shape index (κ2) is 10.6. The lowest BCUT2D eigenvalue weighted by Gasteiger charge is -2.34. The van der Waals surface area contributed by atoms with Crippen molar-refractivity contribution in [2.45, 2.75) is 75.2 Å². The minimum Gasteiger partial charge on any atom is -0.420 e. The highest BCUT2D eigenvalue weighted by molar-refractivity contribution is 6.73. The van der Waals surface area contributed by atoms with Gasteiger partial charge >= 0.3 is 46.4 Å². The standard InChI is InChI=1S/C12H21F9O3Si3/c13-10(14,15)4-1-7-25-22-26(8-2-5-11(16,17)18)24-27(23-25)9-3-6-12(19,20)21/h25-27H,1-9H2. The van der Waals surface area contributed by atoms with E-state index in [0.717, 1.165) is 0 Å². The van der Waals surface area contributed by atoms with Crippen LogP contribution in [0.15, 0.2) is 0 Å². The van der Waals surface area contributed by atoms with Gasteiger partial charge < -0.3 is 12.3 Å². The fraction of sp³-hybridized carbons (Fsp3) is 1.00. The molecule has 1 heterocycles. The molecule has 0 unspecified atom stereocenters. The van der Waals surface area contributed by atoms with Gasteiger partial charge in [0.2, 0.25) is 0 Å². The summed E-state index contributed by atoms with van der Waals surface area (Å²) in [7, 11) is -7.69. The molecular weight excluding hydrogens is 447 g/mol. The van der Waals surface area contributed by atoms with Gasteiger partial charge in [0.15, 0.2) is 0 Å². The number of alkyl halides is 9. The summed E-state index contributed by atoms with van der Waals surface area (Å²) in [5.41, 5.74) is 0. The highest BCUT2D eigenvalue weighted by Crippen LogP contribution is 2.28. The SMILES string of the molecule is FC(F)(F)CCC[SiH]1O[SiH](CCCC(F)(F)F)O[SiH](CCCC(F)(F)F)O1. The number of hydrogen-bond acceptors (Lipinski definition) is 3. The molecule has 0 N–H and O–H groups in total. The van der Waals surface area contributed by atoms with E-state index in [1.54, 1.807) is 0 Å². The summed E-state index contributed by atoms with van der Waals surface area (Å²) in [6.45, 7) is 0. The van der Waals surface area contributed by atoms with E-state index in [4.69, 9.17) is 12.3 Å². The summed E-state index contributed by atoms with van der Waals surface area (Å²) in [6, 6.07) is 0.0250. The van der Waals surface area contributed by atoms with E-state index in [2.05, 4.69) is 0 Å². The fourth-order valence-corrected chi connectivity index (χ4v) is 13.9. The Bertz CT molecular complexity index is 363. The maximum atomic E-state index is 12.2. The van der Waals surface area contributed by atoms with Crippen molar-refractivity contribution in [1.29, 1.82) is 0 Å². The van der Waals surface area contributed by atoms with Gasteiger partial charge in [-0.3, -0.25) is 0 Å². The van der Waals surface area contributed by atoms with Crippen molar-refractivity contribution < 1.29 is 51.9 Å². The maximum Gasteiger partial charge on any atom is 0.389 e. The first kappa shape index (κ1) is 24.9. The molecule has 0 amide bonds. The molecule has 0 radical (unpaired) electrons. The van der Waals surface area contributed by atoms with Gasteiger partial charge in [-0.05, 0) is 37.4 Å². The Hall–Kier alpha value is -0.0994. The van der Waals surface area contributed by atoms with Crippen LogP contribution in [0.1, 0.15) is 38.5 Å². The quantitative estimate of drug-likeness (QED) is 0.362. The van der Waals surface area contributed by atoms with Crippen LogP contribution in [-0.2, 0) is 12.3 Å². The molecule has 15 heteroatoms. The molecule has 1 aliphatic heterocycles. The minimum absolute atomic E-state index is 0.00834. The third-order valence-corrected chi connectivity index (χ3v) is 13.5. The van der Waals surface area contributed by atoms with Crippen LogP contribution < -0.4 is 0 Å². The monoisotopic (exact) mass is 468 g/mol. The average Bonchev–Trinajstić information content (AvgIpc) is 2.43. The molecule has 1 rings (SSSR count). The van der Waals surface area contributed by atoms with E-state index in [1.165, 1.54) is 0 Å². The van der Waals surface area contributed by atoms with Gasteiger partial charge in [0.1, 0.15) is 0 Å². The molecule has 162 valence electrons. The number of hydrogen-bond donors (Lipinski definition) is 0. The lowest BCUT2D eigenvalue weighted by Crippen LogP contribution is -2.48. The Morgan fingerprint density at radius 2 is 0.667 bits per heavy atom. The third kappa shape index (κ3) is 13.7. The van der Waals surface area contributed by atoms with Gasteiger partial charge in [-0.2, -0.15) is 39.5 Å². The molecule has 0 saturated carbocycles. The molecule has 3 nitrogen and oxygen atoms in total. The highest BCUT2D eigenvalue weighted by Gasteiger charge is 2.37. The fourth-order valence-electron chi connectivity index (χ4n) is 2.42. The normalized spacial score (nSPS) is 25.0. The van der Waals surface area contributed by atoms with E-state index in [0.29, 0.717) is 0 Å². The van der Waals surface area contributed by atoms with Crippen molar-refractivity contribution in [1.82, 2.24) is 0 Å². The van der Waals surface area contributed by atoms with Crippen LogP contribution in [0.3, 0.4) is 0 Å². The first-order valence-electron chi connectivity index (χ1n) is 8.40. The van der Waals surface area contributed by atoms with Crippen LogP contribution in [0, 0.1) is 0 Å². The molecule has 1 saturated heterocycles. The minimum atomic E-state index is -4.34. The van der Waals surface area contributed by atoms with E-state index < -0.39 is 65.6 Å². The largest absolute Gasteiger partial charge is 0.420 e. The van der Waals surface area contributed by atoms with Crippen LogP contribution in [0.25, 0.3) is 0 Å². The Labute approximate surface area is 155 Å². The Morgan fingerprint density at radius 1 is 0.444 bits per heavy atom. The second-order valence-electron chi connectivity index (χ2n) is 6.22. The first-order chi connectivity index (χ1) is 12.2. The van der Waals surface area contributed by atoms with Crippen molar-refractivity contribution in [3.63, 3.8) is 0 Å². The van der Waals surface area contributed by atoms with E-state index >= 15 is 0 Å². The summed E-state index contributed by atoms with van der Waals surface area (Å²) >= 11 is 0. The van der Waals surface area contributed by atoms with Gasteiger partial charge in [-0.15, -0.1) is 0 Å². The summed E-state index contributed by atoms with van der Waals surface area (Å²) in [6.07, 6.45) is -16.9.